The van der Waals surface area contributed by atoms with Gasteiger partial charge in [-0.3, -0.25) is 0 Å². The Kier molecular flexibility index (Phi) is 2.91. The van der Waals surface area contributed by atoms with Crippen LogP contribution < -0.4 is 4.90 Å². The van der Waals surface area contributed by atoms with E-state index in [0.717, 1.165) is 30.4 Å². The van der Waals surface area contributed by atoms with Gasteiger partial charge >= 0.3 is 0 Å². The fourth-order valence-electron chi connectivity index (χ4n) is 2.13. The van der Waals surface area contributed by atoms with Gasteiger partial charge in [0.1, 0.15) is 5.82 Å². The predicted octanol–water partition coefficient (Wildman–Crippen LogP) is 1.98. The van der Waals surface area contributed by atoms with Crippen LogP contribution in [0.1, 0.15) is 31.9 Å². The number of pyridine rings is 1. The molecule has 82 valence electrons. The molecule has 1 unspecified atom stereocenters. The summed E-state index contributed by atoms with van der Waals surface area (Å²) in [5.41, 5.74) is 0.937. The molecule has 3 heteroatoms. The van der Waals surface area contributed by atoms with Gasteiger partial charge in [0.2, 0.25) is 0 Å². The van der Waals surface area contributed by atoms with Crippen LogP contribution >= 0.6 is 0 Å². The van der Waals surface area contributed by atoms with E-state index in [1.807, 2.05) is 12.1 Å². The van der Waals surface area contributed by atoms with E-state index in [-0.39, 0.29) is 0 Å². The van der Waals surface area contributed by atoms with Crippen LogP contribution in [-0.2, 0) is 0 Å². The third-order valence-electron chi connectivity index (χ3n) is 2.99. The zero-order valence-electron chi connectivity index (χ0n) is 9.35. The maximum atomic E-state index is 9.66. The molecule has 0 aromatic carbocycles. The molecule has 0 bridgehead atoms. The predicted molar refractivity (Wildman–Crippen MR) is 60.9 cm³/mol. The summed E-state index contributed by atoms with van der Waals surface area (Å²) in [5.74, 6) is 1.69. The van der Waals surface area contributed by atoms with Crippen molar-refractivity contribution in [3.05, 3.63) is 23.9 Å². The van der Waals surface area contributed by atoms with Crippen molar-refractivity contribution in [2.45, 2.75) is 26.4 Å². The summed E-state index contributed by atoms with van der Waals surface area (Å²) in [6.45, 7) is 6.15. The van der Waals surface area contributed by atoms with Gasteiger partial charge in [0, 0.05) is 24.8 Å². The first kappa shape index (κ1) is 10.4. The van der Waals surface area contributed by atoms with Crippen LogP contribution in [0.15, 0.2) is 18.3 Å². The summed E-state index contributed by atoms with van der Waals surface area (Å²) >= 11 is 0. The summed E-state index contributed by atoms with van der Waals surface area (Å²) in [5, 5.41) is 9.66. The number of aromatic nitrogens is 1. The molecule has 1 aromatic heterocycles. The van der Waals surface area contributed by atoms with Crippen LogP contribution in [0.5, 0.6) is 0 Å². The number of nitrogens with zero attached hydrogens (tertiary/aromatic N) is 2. The van der Waals surface area contributed by atoms with Crippen LogP contribution in [0.3, 0.4) is 0 Å². The molecule has 1 aliphatic heterocycles. The van der Waals surface area contributed by atoms with Gasteiger partial charge in [-0.15, -0.1) is 0 Å². The Labute approximate surface area is 90.8 Å². The Morgan fingerprint density at radius 2 is 2.40 bits per heavy atom. The van der Waals surface area contributed by atoms with Crippen molar-refractivity contribution in [3.8, 4) is 0 Å². The molecule has 2 heterocycles. The quantitative estimate of drug-likeness (QED) is 0.803. The highest BCUT2D eigenvalue weighted by Crippen LogP contribution is 2.28. The number of hydrogen-bond donors (Lipinski definition) is 1. The number of aliphatic hydroxyl groups is 1. The van der Waals surface area contributed by atoms with Gasteiger partial charge in [0.25, 0.3) is 0 Å². The second-order valence-corrected chi connectivity index (χ2v) is 4.43. The van der Waals surface area contributed by atoms with Gasteiger partial charge in [-0.05, 0) is 25.3 Å². The van der Waals surface area contributed by atoms with E-state index in [1.165, 1.54) is 6.42 Å². The van der Waals surface area contributed by atoms with Crippen molar-refractivity contribution in [1.82, 2.24) is 4.98 Å². The molecule has 15 heavy (non-hydrogen) atoms. The van der Waals surface area contributed by atoms with E-state index in [9.17, 15) is 5.11 Å². The number of rotatable bonds is 2. The van der Waals surface area contributed by atoms with Crippen molar-refractivity contribution < 1.29 is 5.11 Å². The zero-order chi connectivity index (χ0) is 10.8. The lowest BCUT2D eigenvalue weighted by Crippen LogP contribution is -2.22. The third kappa shape index (κ3) is 2.12. The summed E-state index contributed by atoms with van der Waals surface area (Å²) in [4.78, 5) is 6.65. The maximum Gasteiger partial charge on any atom is 0.134 e. The van der Waals surface area contributed by atoms with Crippen LogP contribution in [-0.4, -0.2) is 23.2 Å². The molecule has 1 fully saturated rings. The van der Waals surface area contributed by atoms with E-state index in [4.69, 9.17) is 0 Å². The first-order valence-electron chi connectivity index (χ1n) is 5.56. The van der Waals surface area contributed by atoms with Crippen LogP contribution in [0.2, 0.25) is 0 Å². The Morgan fingerprint density at radius 1 is 1.60 bits per heavy atom. The van der Waals surface area contributed by atoms with Crippen molar-refractivity contribution in [3.63, 3.8) is 0 Å². The molecule has 0 radical (unpaired) electrons. The number of hydrogen-bond acceptors (Lipinski definition) is 3. The van der Waals surface area contributed by atoms with E-state index in [0.29, 0.717) is 0 Å². The third-order valence-corrected chi connectivity index (χ3v) is 2.99. The molecule has 1 aliphatic rings. The zero-order valence-corrected chi connectivity index (χ0v) is 9.35. The molecule has 0 saturated carbocycles. The van der Waals surface area contributed by atoms with Gasteiger partial charge in [-0.2, -0.15) is 0 Å². The lowest BCUT2D eigenvalue weighted by molar-refractivity contribution is 0.199. The monoisotopic (exact) mass is 206 g/mol. The van der Waals surface area contributed by atoms with Crippen LogP contribution in [0, 0.1) is 5.92 Å². The minimum absolute atomic E-state index is 0.440. The molecule has 1 aromatic rings. The van der Waals surface area contributed by atoms with E-state index in [2.05, 4.69) is 16.8 Å². The van der Waals surface area contributed by atoms with Crippen LogP contribution in [0.25, 0.3) is 0 Å². The molecule has 0 aliphatic carbocycles. The normalized spacial score (nSPS) is 23.1. The van der Waals surface area contributed by atoms with Gasteiger partial charge in [-0.25, -0.2) is 4.98 Å². The molecular formula is C12H18N2O. The van der Waals surface area contributed by atoms with Gasteiger partial charge in [0.05, 0.1) is 6.10 Å². The standard InChI is InChI=1S/C12H18N2O/c1-9-5-7-14(8-9)12-11(10(2)15)4-3-6-13-12/h3-4,6,9-10,15H,5,7-8H2,1-2H3/t9?,10-/m1/s1. The summed E-state index contributed by atoms with van der Waals surface area (Å²) in [7, 11) is 0. The molecule has 0 amide bonds. The van der Waals surface area contributed by atoms with E-state index < -0.39 is 6.10 Å². The Bertz CT molecular complexity index is 338. The molecular weight excluding hydrogens is 188 g/mol. The largest absolute Gasteiger partial charge is 0.389 e. The summed E-state index contributed by atoms with van der Waals surface area (Å²) < 4.78 is 0. The first-order chi connectivity index (χ1) is 7.18. The minimum Gasteiger partial charge on any atom is -0.389 e. The highest BCUT2D eigenvalue weighted by Gasteiger charge is 2.22. The van der Waals surface area contributed by atoms with Gasteiger partial charge in [0.15, 0.2) is 0 Å². The smallest absolute Gasteiger partial charge is 0.134 e. The van der Waals surface area contributed by atoms with Crippen molar-refractivity contribution in [2.24, 2.45) is 5.92 Å². The average molecular weight is 206 g/mol. The second kappa shape index (κ2) is 4.19. The molecule has 1 N–H and O–H groups in total. The SMILES string of the molecule is CC1CCN(c2ncccc2[C@@H](C)O)C1. The molecule has 3 nitrogen and oxygen atoms in total. The molecule has 2 rings (SSSR count). The molecule has 2 atom stereocenters. The average Bonchev–Trinajstić information content (AvgIpc) is 2.65. The first-order valence-corrected chi connectivity index (χ1v) is 5.56. The van der Waals surface area contributed by atoms with Crippen LogP contribution in [0.4, 0.5) is 5.82 Å². The summed E-state index contributed by atoms with van der Waals surface area (Å²) in [6.07, 6.45) is 2.57. The van der Waals surface area contributed by atoms with Crippen molar-refractivity contribution in [2.75, 3.05) is 18.0 Å². The van der Waals surface area contributed by atoms with E-state index in [1.54, 1.807) is 13.1 Å². The highest BCUT2D eigenvalue weighted by atomic mass is 16.3. The number of aliphatic hydroxyl groups excluding tert-OH is 1. The maximum absolute atomic E-state index is 9.66. The number of anilines is 1. The lowest BCUT2D eigenvalue weighted by atomic mass is 10.1. The van der Waals surface area contributed by atoms with E-state index >= 15 is 0 Å². The second-order valence-electron chi connectivity index (χ2n) is 4.43. The molecule has 0 spiro atoms. The minimum atomic E-state index is -0.440. The topological polar surface area (TPSA) is 36.4 Å². The van der Waals surface area contributed by atoms with Gasteiger partial charge < -0.3 is 10.0 Å². The van der Waals surface area contributed by atoms with Crippen molar-refractivity contribution >= 4 is 5.82 Å². The Balaban J connectivity index is 2.27. The van der Waals surface area contributed by atoms with Gasteiger partial charge in [-0.1, -0.05) is 13.0 Å². The Hall–Kier alpha value is -1.09. The highest BCUT2D eigenvalue weighted by molar-refractivity contribution is 5.48. The fraction of sp³-hybridized carbons (Fsp3) is 0.583. The summed E-state index contributed by atoms with van der Waals surface area (Å²) in [6, 6.07) is 3.83. The fourth-order valence-corrected chi connectivity index (χ4v) is 2.13. The Morgan fingerprint density at radius 3 is 3.00 bits per heavy atom. The van der Waals surface area contributed by atoms with Crippen molar-refractivity contribution in [1.29, 1.82) is 0 Å². The lowest BCUT2D eigenvalue weighted by Gasteiger charge is -2.21. The molecule has 1 saturated heterocycles.